The Balaban J connectivity index is 2.24. The van der Waals surface area contributed by atoms with Crippen LogP contribution < -0.4 is 5.32 Å². The molecule has 0 bridgehead atoms. The molecule has 0 unspecified atom stereocenters. The summed E-state index contributed by atoms with van der Waals surface area (Å²) < 4.78 is 1.98. The Hall–Kier alpha value is -0.770. The number of aromatic nitrogens is 2. The van der Waals surface area contributed by atoms with Gasteiger partial charge in [-0.1, -0.05) is 23.2 Å². The molecular formula is C10H9Cl2N3. The number of halogens is 2. The Morgan fingerprint density at radius 2 is 2.13 bits per heavy atom. The molecule has 3 nitrogen and oxygen atoms in total. The maximum Gasteiger partial charge on any atom is 0.155 e. The van der Waals surface area contributed by atoms with Gasteiger partial charge in [-0.25, -0.2) is 4.98 Å². The van der Waals surface area contributed by atoms with E-state index in [0.29, 0.717) is 16.1 Å². The Morgan fingerprint density at radius 1 is 1.33 bits per heavy atom. The van der Waals surface area contributed by atoms with Gasteiger partial charge >= 0.3 is 0 Å². The smallest absolute Gasteiger partial charge is 0.155 e. The standard InChI is InChI=1S/C10H9Cl2N3/c11-7-1-2-8-9(12)14-10(15(8)5-7)6-3-13-4-6/h1-2,5-6,13H,3-4H2. The molecule has 1 saturated heterocycles. The van der Waals surface area contributed by atoms with Crippen LogP contribution >= 0.6 is 23.2 Å². The van der Waals surface area contributed by atoms with Crippen LogP contribution in [-0.2, 0) is 0 Å². The van der Waals surface area contributed by atoms with Gasteiger partial charge in [-0.05, 0) is 12.1 Å². The lowest BCUT2D eigenvalue weighted by atomic mass is 10.0. The fourth-order valence-corrected chi connectivity index (χ4v) is 2.20. The maximum atomic E-state index is 6.06. The van der Waals surface area contributed by atoms with Crippen molar-refractivity contribution in [2.24, 2.45) is 0 Å². The van der Waals surface area contributed by atoms with Crippen LogP contribution in [0.25, 0.3) is 5.52 Å². The molecule has 0 aromatic carbocycles. The Kier molecular flexibility index (Phi) is 2.12. The first kappa shape index (κ1) is 9.46. The van der Waals surface area contributed by atoms with Crippen molar-refractivity contribution in [2.45, 2.75) is 5.92 Å². The molecule has 3 heterocycles. The predicted molar refractivity (Wildman–Crippen MR) is 60.8 cm³/mol. The van der Waals surface area contributed by atoms with Crippen molar-refractivity contribution in [3.63, 3.8) is 0 Å². The van der Waals surface area contributed by atoms with E-state index in [-0.39, 0.29) is 0 Å². The lowest BCUT2D eigenvalue weighted by Gasteiger charge is -2.25. The zero-order valence-corrected chi connectivity index (χ0v) is 9.39. The average molecular weight is 242 g/mol. The van der Waals surface area contributed by atoms with E-state index in [1.807, 2.05) is 22.7 Å². The monoisotopic (exact) mass is 241 g/mol. The van der Waals surface area contributed by atoms with E-state index in [1.165, 1.54) is 0 Å². The van der Waals surface area contributed by atoms with E-state index < -0.39 is 0 Å². The third kappa shape index (κ3) is 1.42. The van der Waals surface area contributed by atoms with Crippen molar-refractivity contribution >= 4 is 28.7 Å². The van der Waals surface area contributed by atoms with Gasteiger partial charge in [0, 0.05) is 25.2 Å². The number of hydrogen-bond donors (Lipinski definition) is 1. The van der Waals surface area contributed by atoms with Crippen LogP contribution in [0.5, 0.6) is 0 Å². The van der Waals surface area contributed by atoms with Gasteiger partial charge in [0.25, 0.3) is 0 Å². The molecule has 5 heteroatoms. The second kappa shape index (κ2) is 3.37. The van der Waals surface area contributed by atoms with Gasteiger partial charge in [0.2, 0.25) is 0 Å². The van der Waals surface area contributed by atoms with Gasteiger partial charge < -0.3 is 9.72 Å². The highest BCUT2D eigenvalue weighted by atomic mass is 35.5. The summed E-state index contributed by atoms with van der Waals surface area (Å²) in [5, 5.41) is 4.47. The molecule has 0 amide bonds. The highest BCUT2D eigenvalue weighted by Gasteiger charge is 2.24. The van der Waals surface area contributed by atoms with Crippen molar-refractivity contribution in [3.05, 3.63) is 34.3 Å². The van der Waals surface area contributed by atoms with Crippen LogP contribution in [-0.4, -0.2) is 22.5 Å². The number of rotatable bonds is 1. The van der Waals surface area contributed by atoms with Crippen molar-refractivity contribution < 1.29 is 0 Å². The van der Waals surface area contributed by atoms with Crippen LogP contribution in [0.1, 0.15) is 11.7 Å². The second-order valence-electron chi connectivity index (χ2n) is 3.72. The normalized spacial score (nSPS) is 16.9. The number of fused-ring (bicyclic) bond motifs is 1. The summed E-state index contributed by atoms with van der Waals surface area (Å²) in [7, 11) is 0. The molecular weight excluding hydrogens is 233 g/mol. The minimum absolute atomic E-state index is 0.448. The van der Waals surface area contributed by atoms with Gasteiger partial charge in [-0.2, -0.15) is 0 Å². The summed E-state index contributed by atoms with van der Waals surface area (Å²) in [6.45, 7) is 1.92. The summed E-state index contributed by atoms with van der Waals surface area (Å²) in [5.74, 6) is 1.44. The zero-order chi connectivity index (χ0) is 10.4. The van der Waals surface area contributed by atoms with Gasteiger partial charge in [0.15, 0.2) is 5.15 Å². The van der Waals surface area contributed by atoms with Crippen LogP contribution in [0.3, 0.4) is 0 Å². The summed E-state index contributed by atoms with van der Waals surface area (Å²) in [5.41, 5.74) is 0.919. The van der Waals surface area contributed by atoms with E-state index in [2.05, 4.69) is 10.3 Å². The lowest BCUT2D eigenvalue weighted by Crippen LogP contribution is -2.40. The summed E-state index contributed by atoms with van der Waals surface area (Å²) in [6, 6.07) is 3.72. The number of pyridine rings is 1. The highest BCUT2D eigenvalue weighted by molar-refractivity contribution is 6.33. The minimum atomic E-state index is 0.448. The molecule has 1 aliphatic rings. The van der Waals surface area contributed by atoms with Gasteiger partial charge in [-0.15, -0.1) is 0 Å². The fourth-order valence-electron chi connectivity index (χ4n) is 1.80. The van der Waals surface area contributed by atoms with Gasteiger partial charge in [0.05, 0.1) is 10.5 Å². The molecule has 0 spiro atoms. The van der Waals surface area contributed by atoms with E-state index in [0.717, 1.165) is 24.4 Å². The Bertz CT molecular complexity index is 517. The molecule has 1 aliphatic heterocycles. The molecule has 15 heavy (non-hydrogen) atoms. The van der Waals surface area contributed by atoms with E-state index in [4.69, 9.17) is 23.2 Å². The van der Waals surface area contributed by atoms with E-state index in [9.17, 15) is 0 Å². The van der Waals surface area contributed by atoms with Crippen LogP contribution in [0.2, 0.25) is 10.2 Å². The molecule has 0 radical (unpaired) electrons. The van der Waals surface area contributed by atoms with Gasteiger partial charge in [0.1, 0.15) is 5.82 Å². The van der Waals surface area contributed by atoms with Crippen LogP contribution in [0.15, 0.2) is 18.3 Å². The summed E-state index contributed by atoms with van der Waals surface area (Å²) >= 11 is 12.0. The number of hydrogen-bond acceptors (Lipinski definition) is 2. The molecule has 0 atom stereocenters. The van der Waals surface area contributed by atoms with Crippen LogP contribution in [0.4, 0.5) is 0 Å². The molecule has 1 N–H and O–H groups in total. The van der Waals surface area contributed by atoms with E-state index >= 15 is 0 Å². The molecule has 0 aliphatic carbocycles. The maximum absolute atomic E-state index is 6.06. The molecule has 2 aromatic rings. The fraction of sp³-hybridized carbons (Fsp3) is 0.300. The minimum Gasteiger partial charge on any atom is -0.315 e. The van der Waals surface area contributed by atoms with Gasteiger partial charge in [-0.3, -0.25) is 0 Å². The molecule has 2 aromatic heterocycles. The number of nitrogens with one attached hydrogen (secondary N) is 1. The second-order valence-corrected chi connectivity index (χ2v) is 4.51. The highest BCUT2D eigenvalue weighted by Crippen LogP contribution is 2.26. The Morgan fingerprint density at radius 3 is 2.80 bits per heavy atom. The molecule has 78 valence electrons. The van der Waals surface area contributed by atoms with Crippen LogP contribution in [0, 0.1) is 0 Å². The Labute approximate surface area is 97.0 Å². The number of imidazole rings is 1. The third-order valence-corrected chi connectivity index (χ3v) is 3.23. The predicted octanol–water partition coefficient (Wildman–Crippen LogP) is 2.33. The lowest BCUT2D eigenvalue weighted by molar-refractivity contribution is 0.429. The van der Waals surface area contributed by atoms with Crippen molar-refractivity contribution in [2.75, 3.05) is 13.1 Å². The number of nitrogens with zero attached hydrogens (tertiary/aromatic N) is 2. The van der Waals surface area contributed by atoms with Crippen molar-refractivity contribution in [1.82, 2.24) is 14.7 Å². The first-order chi connectivity index (χ1) is 7.25. The topological polar surface area (TPSA) is 29.3 Å². The van der Waals surface area contributed by atoms with Crippen molar-refractivity contribution in [3.8, 4) is 0 Å². The molecule has 1 fully saturated rings. The first-order valence-corrected chi connectivity index (χ1v) is 5.55. The largest absolute Gasteiger partial charge is 0.315 e. The first-order valence-electron chi connectivity index (χ1n) is 4.79. The zero-order valence-electron chi connectivity index (χ0n) is 7.87. The average Bonchev–Trinajstić information content (AvgIpc) is 2.41. The third-order valence-electron chi connectivity index (χ3n) is 2.73. The SMILES string of the molecule is Clc1ccc2c(Cl)nc(C3CNC3)n2c1. The molecule has 3 rings (SSSR count). The quantitative estimate of drug-likeness (QED) is 0.831. The molecule has 0 saturated carbocycles. The summed E-state index contributed by atoms with van der Waals surface area (Å²) in [4.78, 5) is 4.38. The summed E-state index contributed by atoms with van der Waals surface area (Å²) in [6.07, 6.45) is 1.86. The van der Waals surface area contributed by atoms with E-state index in [1.54, 1.807) is 0 Å². The van der Waals surface area contributed by atoms with Crippen molar-refractivity contribution in [1.29, 1.82) is 0 Å².